The van der Waals surface area contributed by atoms with Crippen molar-refractivity contribution in [3.8, 4) is 0 Å². The quantitative estimate of drug-likeness (QED) is 0.800. The molecular formula is C23H28FN3O2. The van der Waals surface area contributed by atoms with Crippen molar-refractivity contribution in [1.82, 2.24) is 4.90 Å². The fourth-order valence-corrected chi connectivity index (χ4v) is 3.54. The number of rotatable bonds is 4. The Morgan fingerprint density at radius 3 is 2.17 bits per heavy atom. The van der Waals surface area contributed by atoms with E-state index in [4.69, 9.17) is 0 Å². The van der Waals surface area contributed by atoms with E-state index in [1.165, 1.54) is 12.1 Å². The number of carbonyl (C=O) groups is 2. The maximum absolute atomic E-state index is 13.1. The van der Waals surface area contributed by atoms with Crippen LogP contribution in [0.4, 0.5) is 15.8 Å². The maximum atomic E-state index is 13.1. The van der Waals surface area contributed by atoms with Crippen molar-refractivity contribution in [3.05, 3.63) is 59.4 Å². The Morgan fingerprint density at radius 1 is 0.966 bits per heavy atom. The summed E-state index contributed by atoms with van der Waals surface area (Å²) in [4.78, 5) is 29.8. The van der Waals surface area contributed by atoms with Crippen molar-refractivity contribution < 1.29 is 14.0 Å². The van der Waals surface area contributed by atoms with E-state index in [0.29, 0.717) is 26.2 Å². The molecule has 0 unspecified atom stereocenters. The fraction of sp³-hybridized carbons (Fsp3) is 0.391. The minimum Gasteiger partial charge on any atom is -0.368 e. The molecule has 0 atom stereocenters. The normalized spacial score (nSPS) is 14.7. The lowest BCUT2D eigenvalue weighted by Crippen LogP contribution is -2.54. The summed E-state index contributed by atoms with van der Waals surface area (Å²) in [6.45, 7) is 9.61. The molecule has 1 saturated heterocycles. The molecule has 2 aromatic rings. The molecule has 6 heteroatoms. The predicted octanol–water partition coefficient (Wildman–Crippen LogP) is 3.76. The lowest BCUT2D eigenvalue weighted by Gasteiger charge is -2.39. The molecule has 0 bridgehead atoms. The number of nitrogens with zero attached hydrogens (tertiary/aromatic N) is 2. The van der Waals surface area contributed by atoms with Gasteiger partial charge < -0.3 is 15.1 Å². The summed E-state index contributed by atoms with van der Waals surface area (Å²) in [5.74, 6) is -0.756. The number of aryl methyl sites for hydroxylation is 2. The monoisotopic (exact) mass is 397 g/mol. The van der Waals surface area contributed by atoms with Crippen LogP contribution in [0.3, 0.4) is 0 Å². The van der Waals surface area contributed by atoms with Crippen LogP contribution in [0.1, 0.15) is 25.0 Å². The second-order valence-electron chi connectivity index (χ2n) is 8.15. The lowest BCUT2D eigenvalue weighted by atomic mass is 9.89. The summed E-state index contributed by atoms with van der Waals surface area (Å²) in [7, 11) is 0. The van der Waals surface area contributed by atoms with Crippen molar-refractivity contribution in [2.75, 3.05) is 36.4 Å². The molecule has 5 nitrogen and oxygen atoms in total. The summed E-state index contributed by atoms with van der Waals surface area (Å²) >= 11 is 0. The topological polar surface area (TPSA) is 52.7 Å². The number of benzene rings is 2. The summed E-state index contributed by atoms with van der Waals surface area (Å²) in [6, 6.07) is 12.2. The van der Waals surface area contributed by atoms with E-state index in [9.17, 15) is 14.0 Å². The number of carbonyl (C=O) groups excluding carboxylic acids is 2. The Morgan fingerprint density at radius 2 is 1.59 bits per heavy atom. The standard InChI is InChI=1S/C23H28FN3O2/c1-16-5-10-20(17(2)15-16)25-21(28)23(3,4)22(29)27-13-11-26(12-14-27)19-8-6-18(24)7-9-19/h5-10,15H,11-14H2,1-4H3,(H,25,28). The molecule has 1 N–H and O–H groups in total. The second kappa shape index (κ2) is 8.23. The van der Waals surface area contributed by atoms with Gasteiger partial charge in [-0.1, -0.05) is 17.7 Å². The molecule has 1 aliphatic heterocycles. The molecule has 2 aromatic carbocycles. The first-order valence-electron chi connectivity index (χ1n) is 9.87. The molecule has 1 heterocycles. The molecule has 29 heavy (non-hydrogen) atoms. The van der Waals surface area contributed by atoms with E-state index in [0.717, 1.165) is 22.5 Å². The van der Waals surface area contributed by atoms with E-state index >= 15 is 0 Å². The Bertz CT molecular complexity index is 901. The highest BCUT2D eigenvalue weighted by Gasteiger charge is 2.40. The lowest BCUT2D eigenvalue weighted by molar-refractivity contribution is -0.146. The summed E-state index contributed by atoms with van der Waals surface area (Å²) < 4.78 is 13.1. The van der Waals surface area contributed by atoms with Gasteiger partial charge in [-0.05, 0) is 63.6 Å². The summed E-state index contributed by atoms with van der Waals surface area (Å²) in [5.41, 5.74) is 2.58. The maximum Gasteiger partial charge on any atom is 0.239 e. The van der Waals surface area contributed by atoms with Crippen LogP contribution in [0.25, 0.3) is 0 Å². The summed E-state index contributed by atoms with van der Waals surface area (Å²) in [5, 5.41) is 2.91. The van der Waals surface area contributed by atoms with Gasteiger partial charge >= 0.3 is 0 Å². The van der Waals surface area contributed by atoms with Gasteiger partial charge in [-0.2, -0.15) is 0 Å². The third kappa shape index (κ3) is 4.58. The zero-order chi connectivity index (χ0) is 21.2. The van der Waals surface area contributed by atoms with Crippen LogP contribution in [0.5, 0.6) is 0 Å². The molecule has 2 amide bonds. The highest BCUT2D eigenvalue weighted by atomic mass is 19.1. The molecule has 3 rings (SSSR count). The number of hydrogen-bond donors (Lipinski definition) is 1. The number of anilines is 2. The average Bonchev–Trinajstić information content (AvgIpc) is 2.70. The molecule has 0 radical (unpaired) electrons. The first kappa shape index (κ1) is 20.8. The molecular weight excluding hydrogens is 369 g/mol. The highest BCUT2D eigenvalue weighted by molar-refractivity contribution is 6.10. The van der Waals surface area contributed by atoms with Gasteiger partial charge in [0.15, 0.2) is 0 Å². The third-order valence-electron chi connectivity index (χ3n) is 5.49. The Balaban J connectivity index is 1.62. The van der Waals surface area contributed by atoms with Crippen molar-refractivity contribution in [1.29, 1.82) is 0 Å². The van der Waals surface area contributed by atoms with Crippen molar-refractivity contribution in [3.63, 3.8) is 0 Å². The van der Waals surface area contributed by atoms with E-state index in [1.54, 1.807) is 30.9 Å². The van der Waals surface area contributed by atoms with Crippen LogP contribution in [-0.4, -0.2) is 42.9 Å². The SMILES string of the molecule is Cc1ccc(NC(=O)C(C)(C)C(=O)N2CCN(c3ccc(F)cc3)CC2)c(C)c1. The molecule has 0 spiro atoms. The van der Waals surface area contributed by atoms with Crippen molar-refractivity contribution in [2.45, 2.75) is 27.7 Å². The van der Waals surface area contributed by atoms with Gasteiger partial charge in [-0.3, -0.25) is 9.59 Å². The largest absolute Gasteiger partial charge is 0.368 e. The number of piperazine rings is 1. The van der Waals surface area contributed by atoms with Crippen LogP contribution >= 0.6 is 0 Å². The van der Waals surface area contributed by atoms with Gasteiger partial charge in [0.1, 0.15) is 11.2 Å². The number of amides is 2. The molecule has 154 valence electrons. The summed E-state index contributed by atoms with van der Waals surface area (Å²) in [6.07, 6.45) is 0. The predicted molar refractivity (Wildman–Crippen MR) is 114 cm³/mol. The zero-order valence-corrected chi connectivity index (χ0v) is 17.5. The fourth-order valence-electron chi connectivity index (χ4n) is 3.54. The van der Waals surface area contributed by atoms with Crippen molar-refractivity contribution >= 4 is 23.2 Å². The van der Waals surface area contributed by atoms with E-state index in [-0.39, 0.29) is 17.6 Å². The molecule has 0 aromatic heterocycles. The first-order valence-corrected chi connectivity index (χ1v) is 9.87. The van der Waals surface area contributed by atoms with Crippen LogP contribution in [0.15, 0.2) is 42.5 Å². The van der Waals surface area contributed by atoms with Crippen LogP contribution in [0.2, 0.25) is 0 Å². The second-order valence-corrected chi connectivity index (χ2v) is 8.15. The average molecular weight is 397 g/mol. The van der Waals surface area contributed by atoms with Gasteiger partial charge in [-0.25, -0.2) is 4.39 Å². The molecule has 1 fully saturated rings. The van der Waals surface area contributed by atoms with Crippen molar-refractivity contribution in [2.24, 2.45) is 5.41 Å². The first-order chi connectivity index (χ1) is 13.7. The number of hydrogen-bond acceptors (Lipinski definition) is 3. The highest BCUT2D eigenvalue weighted by Crippen LogP contribution is 2.25. The Labute approximate surface area is 171 Å². The third-order valence-corrected chi connectivity index (χ3v) is 5.49. The van der Waals surface area contributed by atoms with Gasteiger partial charge in [0.2, 0.25) is 11.8 Å². The van der Waals surface area contributed by atoms with Gasteiger partial charge in [0, 0.05) is 37.6 Å². The van der Waals surface area contributed by atoms with Gasteiger partial charge in [0.25, 0.3) is 0 Å². The van der Waals surface area contributed by atoms with Gasteiger partial charge in [0.05, 0.1) is 0 Å². The minimum absolute atomic E-state index is 0.182. The zero-order valence-electron chi connectivity index (χ0n) is 17.5. The minimum atomic E-state index is -1.17. The van der Waals surface area contributed by atoms with Crippen LogP contribution < -0.4 is 10.2 Å². The molecule has 1 aliphatic rings. The Kier molecular flexibility index (Phi) is 5.91. The smallest absolute Gasteiger partial charge is 0.239 e. The van der Waals surface area contributed by atoms with Gasteiger partial charge in [-0.15, -0.1) is 0 Å². The Hall–Kier alpha value is -2.89. The molecule has 0 saturated carbocycles. The molecule has 0 aliphatic carbocycles. The van der Waals surface area contributed by atoms with Crippen LogP contribution in [0, 0.1) is 25.1 Å². The number of nitrogens with one attached hydrogen (secondary N) is 1. The number of halogens is 1. The van der Waals surface area contributed by atoms with Crippen LogP contribution in [-0.2, 0) is 9.59 Å². The van der Waals surface area contributed by atoms with E-state index in [1.807, 2.05) is 32.0 Å². The van der Waals surface area contributed by atoms with E-state index in [2.05, 4.69) is 10.2 Å². The van der Waals surface area contributed by atoms with E-state index < -0.39 is 5.41 Å².